The van der Waals surface area contributed by atoms with E-state index in [4.69, 9.17) is 0 Å². The van der Waals surface area contributed by atoms with Crippen LogP contribution in [0, 0.1) is 35.0 Å². The highest BCUT2D eigenvalue weighted by Gasteiger charge is 2.51. The van der Waals surface area contributed by atoms with Crippen LogP contribution in [0.2, 0.25) is 0 Å². The number of hydrogen-bond donors (Lipinski definition) is 0. The van der Waals surface area contributed by atoms with Gasteiger partial charge in [-0.1, -0.05) is 60.3 Å². The van der Waals surface area contributed by atoms with Crippen LogP contribution in [0.25, 0.3) is 0 Å². The molecule has 0 spiro atoms. The fourth-order valence-electron chi connectivity index (χ4n) is 5.69. The largest absolute Gasteiger partial charge is 0.0651 e. The van der Waals surface area contributed by atoms with Crippen molar-refractivity contribution in [3.05, 3.63) is 0 Å². The average Bonchev–Trinajstić information content (AvgIpc) is 2.72. The number of hydrogen-bond acceptors (Lipinski definition) is 0. The van der Waals surface area contributed by atoms with Gasteiger partial charge < -0.3 is 0 Å². The van der Waals surface area contributed by atoms with Crippen molar-refractivity contribution >= 4 is 0 Å². The van der Waals surface area contributed by atoms with E-state index in [0.717, 1.165) is 29.6 Å². The summed E-state index contributed by atoms with van der Waals surface area (Å²) in [5, 5.41) is 0. The predicted molar refractivity (Wildman–Crippen MR) is 89.8 cm³/mol. The summed E-state index contributed by atoms with van der Waals surface area (Å²) in [6.07, 6.45) is 13.4. The minimum Gasteiger partial charge on any atom is -0.0651 e. The third-order valence-electron chi connectivity index (χ3n) is 7.05. The van der Waals surface area contributed by atoms with Crippen LogP contribution in [0.3, 0.4) is 0 Å². The number of fused-ring (bicyclic) bond motifs is 1. The zero-order valence-corrected chi connectivity index (χ0v) is 14.8. The summed E-state index contributed by atoms with van der Waals surface area (Å²) >= 11 is 0. The minimum absolute atomic E-state index is 0.699. The molecule has 0 nitrogen and oxygen atoms in total. The van der Waals surface area contributed by atoms with Gasteiger partial charge in [0.05, 0.1) is 0 Å². The molecular formula is C20H38. The van der Waals surface area contributed by atoms with Gasteiger partial charge in [-0.15, -0.1) is 0 Å². The van der Waals surface area contributed by atoms with Crippen molar-refractivity contribution in [2.24, 2.45) is 35.0 Å². The van der Waals surface area contributed by atoms with Gasteiger partial charge in [0.1, 0.15) is 0 Å². The van der Waals surface area contributed by atoms with E-state index >= 15 is 0 Å². The molecule has 2 saturated carbocycles. The summed E-state index contributed by atoms with van der Waals surface area (Å²) in [7, 11) is 0. The first kappa shape index (κ1) is 16.4. The zero-order valence-electron chi connectivity index (χ0n) is 14.8. The van der Waals surface area contributed by atoms with Crippen molar-refractivity contribution in [3.63, 3.8) is 0 Å². The molecule has 118 valence electrons. The highest BCUT2D eigenvalue weighted by molar-refractivity contribution is 5.01. The van der Waals surface area contributed by atoms with Crippen molar-refractivity contribution < 1.29 is 0 Å². The molecule has 5 unspecified atom stereocenters. The summed E-state index contributed by atoms with van der Waals surface area (Å²) in [6.45, 7) is 12.3. The molecule has 0 bridgehead atoms. The normalized spacial score (nSPS) is 41.1. The first-order chi connectivity index (χ1) is 9.49. The number of unbranched alkanes of at least 4 members (excludes halogenated alkanes) is 1. The second-order valence-corrected chi connectivity index (χ2v) is 8.65. The predicted octanol–water partition coefficient (Wildman–Crippen LogP) is 6.69. The second-order valence-electron chi connectivity index (χ2n) is 8.65. The van der Waals surface area contributed by atoms with Crippen molar-refractivity contribution in [1.82, 2.24) is 0 Å². The topological polar surface area (TPSA) is 0 Å². The Bertz CT molecular complexity index is 292. The van der Waals surface area contributed by atoms with Crippen LogP contribution in [0.5, 0.6) is 0 Å². The fraction of sp³-hybridized carbons (Fsp3) is 1.00. The van der Waals surface area contributed by atoms with E-state index in [-0.39, 0.29) is 0 Å². The Balaban J connectivity index is 1.90. The minimum atomic E-state index is 0.699. The SMILES string of the molecule is CCC1C(C)CCC2(C)C(CCCCC(C)C)CCC12. The second kappa shape index (κ2) is 6.84. The molecule has 0 N–H and O–H groups in total. The molecule has 0 heterocycles. The van der Waals surface area contributed by atoms with Gasteiger partial charge in [-0.25, -0.2) is 0 Å². The van der Waals surface area contributed by atoms with E-state index < -0.39 is 0 Å². The third kappa shape index (κ3) is 3.25. The zero-order chi connectivity index (χ0) is 14.8. The summed E-state index contributed by atoms with van der Waals surface area (Å²) in [4.78, 5) is 0. The summed E-state index contributed by atoms with van der Waals surface area (Å²) in [6, 6.07) is 0. The van der Waals surface area contributed by atoms with E-state index in [0.29, 0.717) is 5.41 Å². The third-order valence-corrected chi connectivity index (χ3v) is 7.05. The smallest absolute Gasteiger partial charge is 0.0266 e. The summed E-state index contributed by atoms with van der Waals surface area (Å²) in [5.41, 5.74) is 0.699. The molecule has 0 heteroatoms. The molecule has 2 aliphatic carbocycles. The molecule has 20 heavy (non-hydrogen) atoms. The highest BCUT2D eigenvalue weighted by atomic mass is 14.6. The van der Waals surface area contributed by atoms with Crippen molar-refractivity contribution in [2.75, 3.05) is 0 Å². The van der Waals surface area contributed by atoms with Crippen molar-refractivity contribution in [3.8, 4) is 0 Å². The van der Waals surface area contributed by atoms with E-state index in [2.05, 4.69) is 34.6 Å². The molecule has 2 aliphatic rings. The van der Waals surface area contributed by atoms with Gasteiger partial charge in [-0.2, -0.15) is 0 Å². The first-order valence-electron chi connectivity index (χ1n) is 9.49. The van der Waals surface area contributed by atoms with Gasteiger partial charge in [0.2, 0.25) is 0 Å². The lowest BCUT2D eigenvalue weighted by Gasteiger charge is -2.48. The van der Waals surface area contributed by atoms with Crippen LogP contribution < -0.4 is 0 Å². The Hall–Kier alpha value is 0. The van der Waals surface area contributed by atoms with E-state index in [9.17, 15) is 0 Å². The highest BCUT2D eigenvalue weighted by Crippen LogP contribution is 2.60. The maximum absolute atomic E-state index is 2.66. The molecule has 0 aromatic carbocycles. The molecule has 0 aromatic rings. The lowest BCUT2D eigenvalue weighted by Crippen LogP contribution is -2.40. The number of rotatable bonds is 6. The molecule has 0 saturated heterocycles. The standard InChI is InChI=1S/C20H38/c1-6-18-16(4)13-14-20(5)17(11-12-19(18)20)10-8-7-9-15(2)3/h15-19H,6-14H2,1-5H3. The van der Waals surface area contributed by atoms with Crippen LogP contribution in [0.4, 0.5) is 0 Å². The molecule has 0 aliphatic heterocycles. The lowest BCUT2D eigenvalue weighted by atomic mass is 9.57. The van der Waals surface area contributed by atoms with E-state index in [1.165, 1.54) is 57.8 Å². The van der Waals surface area contributed by atoms with Crippen molar-refractivity contribution in [2.45, 2.75) is 92.4 Å². The summed E-state index contributed by atoms with van der Waals surface area (Å²) in [5.74, 6) is 4.99. The fourth-order valence-corrected chi connectivity index (χ4v) is 5.69. The molecule has 5 atom stereocenters. The molecule has 0 amide bonds. The Morgan fingerprint density at radius 3 is 2.50 bits per heavy atom. The van der Waals surface area contributed by atoms with Crippen molar-refractivity contribution in [1.29, 1.82) is 0 Å². The molecular weight excluding hydrogens is 240 g/mol. The van der Waals surface area contributed by atoms with Crippen LogP contribution in [-0.2, 0) is 0 Å². The maximum Gasteiger partial charge on any atom is -0.0266 e. The molecule has 2 rings (SSSR count). The monoisotopic (exact) mass is 278 g/mol. The van der Waals surface area contributed by atoms with Gasteiger partial charge in [-0.3, -0.25) is 0 Å². The maximum atomic E-state index is 2.66. The summed E-state index contributed by atoms with van der Waals surface area (Å²) < 4.78 is 0. The Labute approximate surface area is 128 Å². The van der Waals surface area contributed by atoms with Gasteiger partial charge in [0, 0.05) is 0 Å². The van der Waals surface area contributed by atoms with Gasteiger partial charge >= 0.3 is 0 Å². The van der Waals surface area contributed by atoms with E-state index in [1.54, 1.807) is 0 Å². The Morgan fingerprint density at radius 2 is 1.85 bits per heavy atom. The first-order valence-corrected chi connectivity index (χ1v) is 9.49. The van der Waals surface area contributed by atoms with Crippen LogP contribution in [0.15, 0.2) is 0 Å². The van der Waals surface area contributed by atoms with Crippen LogP contribution in [-0.4, -0.2) is 0 Å². The molecule has 0 radical (unpaired) electrons. The Kier molecular flexibility index (Phi) is 5.60. The van der Waals surface area contributed by atoms with Crippen LogP contribution >= 0.6 is 0 Å². The van der Waals surface area contributed by atoms with Gasteiger partial charge in [0.25, 0.3) is 0 Å². The molecule has 2 fully saturated rings. The van der Waals surface area contributed by atoms with Gasteiger partial charge in [0.15, 0.2) is 0 Å². The van der Waals surface area contributed by atoms with Gasteiger partial charge in [-0.05, 0) is 67.1 Å². The molecule has 0 aromatic heterocycles. The van der Waals surface area contributed by atoms with Crippen LogP contribution in [0.1, 0.15) is 92.4 Å². The van der Waals surface area contributed by atoms with E-state index in [1.807, 2.05) is 0 Å². The average molecular weight is 279 g/mol. The Morgan fingerprint density at radius 1 is 1.10 bits per heavy atom. The quantitative estimate of drug-likeness (QED) is 0.475. The lowest BCUT2D eigenvalue weighted by molar-refractivity contribution is 0.0133.